The fraction of sp³-hybridized carbons (Fsp3) is 0.786. The lowest BCUT2D eigenvalue weighted by Crippen LogP contribution is -2.31. The van der Waals surface area contributed by atoms with Crippen molar-refractivity contribution >= 4 is 0 Å². The highest BCUT2D eigenvalue weighted by Crippen LogP contribution is 2.31. The fourth-order valence-corrected chi connectivity index (χ4v) is 2.65. The van der Waals surface area contributed by atoms with E-state index in [4.69, 9.17) is 0 Å². The molecule has 1 heterocycles. The van der Waals surface area contributed by atoms with Crippen LogP contribution in [0.4, 0.5) is 0 Å². The van der Waals surface area contributed by atoms with Gasteiger partial charge >= 0.3 is 0 Å². The Morgan fingerprint density at radius 1 is 1.41 bits per heavy atom. The summed E-state index contributed by atoms with van der Waals surface area (Å²) < 4.78 is 2.03. The molecule has 1 N–H and O–H groups in total. The standard InChI is InChI=1S/C14H25N3/c1-10(2)17-9-13(8-16-17)7-15-14-6-5-11(3)12(14)4/h8-12,14-15H,5-7H2,1-4H3. The van der Waals surface area contributed by atoms with E-state index < -0.39 is 0 Å². The van der Waals surface area contributed by atoms with E-state index in [9.17, 15) is 0 Å². The second-order valence-electron chi connectivity index (χ2n) is 5.82. The number of nitrogens with one attached hydrogen (secondary N) is 1. The summed E-state index contributed by atoms with van der Waals surface area (Å²) in [5.74, 6) is 1.67. The smallest absolute Gasteiger partial charge is 0.0534 e. The summed E-state index contributed by atoms with van der Waals surface area (Å²) in [6.45, 7) is 10.0. The molecular weight excluding hydrogens is 210 g/mol. The van der Waals surface area contributed by atoms with Gasteiger partial charge in [-0.15, -0.1) is 0 Å². The van der Waals surface area contributed by atoms with Crippen LogP contribution in [0.1, 0.15) is 52.1 Å². The SMILES string of the molecule is CC1CCC(NCc2cnn(C(C)C)c2)C1C. The molecule has 1 aliphatic carbocycles. The molecule has 0 radical (unpaired) electrons. The van der Waals surface area contributed by atoms with Gasteiger partial charge in [0, 0.05) is 30.4 Å². The third-order valence-electron chi connectivity index (χ3n) is 4.22. The summed E-state index contributed by atoms with van der Waals surface area (Å²) >= 11 is 0. The molecule has 3 nitrogen and oxygen atoms in total. The predicted octanol–water partition coefficient (Wildman–Crippen LogP) is 2.99. The first-order chi connectivity index (χ1) is 8.08. The van der Waals surface area contributed by atoms with Gasteiger partial charge in [0.2, 0.25) is 0 Å². The Morgan fingerprint density at radius 2 is 2.18 bits per heavy atom. The molecule has 2 rings (SSSR count). The van der Waals surface area contributed by atoms with E-state index in [0.29, 0.717) is 12.1 Å². The Kier molecular flexibility index (Phi) is 3.87. The molecule has 0 aliphatic heterocycles. The van der Waals surface area contributed by atoms with Crippen LogP contribution in [0.15, 0.2) is 12.4 Å². The van der Waals surface area contributed by atoms with Gasteiger partial charge in [0.15, 0.2) is 0 Å². The number of nitrogens with zero attached hydrogens (tertiary/aromatic N) is 2. The monoisotopic (exact) mass is 235 g/mol. The number of hydrogen-bond donors (Lipinski definition) is 1. The van der Waals surface area contributed by atoms with Crippen molar-refractivity contribution in [2.45, 2.75) is 59.2 Å². The number of rotatable bonds is 4. The predicted molar refractivity (Wildman–Crippen MR) is 70.8 cm³/mol. The summed E-state index contributed by atoms with van der Waals surface area (Å²) in [7, 11) is 0. The van der Waals surface area contributed by atoms with E-state index in [1.165, 1.54) is 18.4 Å². The van der Waals surface area contributed by atoms with Crippen LogP contribution in [0.25, 0.3) is 0 Å². The minimum atomic E-state index is 0.453. The average Bonchev–Trinajstić information content (AvgIpc) is 2.86. The van der Waals surface area contributed by atoms with Crippen molar-refractivity contribution in [2.24, 2.45) is 11.8 Å². The van der Waals surface area contributed by atoms with Crippen LogP contribution in [-0.2, 0) is 6.54 Å². The number of hydrogen-bond acceptors (Lipinski definition) is 2. The van der Waals surface area contributed by atoms with Crippen molar-refractivity contribution in [3.63, 3.8) is 0 Å². The van der Waals surface area contributed by atoms with Gasteiger partial charge in [0.05, 0.1) is 6.20 Å². The quantitative estimate of drug-likeness (QED) is 0.869. The average molecular weight is 235 g/mol. The maximum absolute atomic E-state index is 4.37. The van der Waals surface area contributed by atoms with E-state index in [1.807, 2.05) is 10.9 Å². The van der Waals surface area contributed by atoms with Crippen molar-refractivity contribution in [1.29, 1.82) is 0 Å². The lowest BCUT2D eigenvalue weighted by Gasteiger charge is -2.19. The van der Waals surface area contributed by atoms with E-state index in [2.05, 4.69) is 44.3 Å². The summed E-state index contributed by atoms with van der Waals surface area (Å²) in [5, 5.41) is 8.05. The zero-order valence-electron chi connectivity index (χ0n) is 11.5. The molecule has 3 atom stereocenters. The van der Waals surface area contributed by atoms with Crippen LogP contribution in [0.3, 0.4) is 0 Å². The summed E-state index contributed by atoms with van der Waals surface area (Å²) in [5.41, 5.74) is 1.30. The first-order valence-corrected chi connectivity index (χ1v) is 6.84. The van der Waals surface area contributed by atoms with Gasteiger partial charge in [-0.2, -0.15) is 5.10 Å². The van der Waals surface area contributed by atoms with E-state index in [1.54, 1.807) is 0 Å². The first-order valence-electron chi connectivity index (χ1n) is 6.84. The van der Waals surface area contributed by atoms with Crippen molar-refractivity contribution < 1.29 is 0 Å². The third kappa shape index (κ3) is 2.89. The van der Waals surface area contributed by atoms with Gasteiger partial charge in [-0.05, 0) is 38.5 Å². The lowest BCUT2D eigenvalue weighted by molar-refractivity contribution is 0.370. The van der Waals surface area contributed by atoms with Crippen LogP contribution in [0, 0.1) is 11.8 Å². The van der Waals surface area contributed by atoms with Gasteiger partial charge in [0.25, 0.3) is 0 Å². The topological polar surface area (TPSA) is 29.9 Å². The van der Waals surface area contributed by atoms with Crippen LogP contribution < -0.4 is 5.32 Å². The normalized spacial score (nSPS) is 29.1. The first kappa shape index (κ1) is 12.6. The van der Waals surface area contributed by atoms with Crippen LogP contribution in [0.5, 0.6) is 0 Å². The van der Waals surface area contributed by atoms with Crippen molar-refractivity contribution in [3.05, 3.63) is 18.0 Å². The molecule has 0 amide bonds. The molecule has 0 saturated heterocycles. The van der Waals surface area contributed by atoms with Gasteiger partial charge in [-0.1, -0.05) is 13.8 Å². The molecular formula is C14H25N3. The molecule has 1 fully saturated rings. The second-order valence-corrected chi connectivity index (χ2v) is 5.82. The van der Waals surface area contributed by atoms with Gasteiger partial charge < -0.3 is 5.32 Å². The van der Waals surface area contributed by atoms with E-state index >= 15 is 0 Å². The summed E-state index contributed by atoms with van der Waals surface area (Å²) in [4.78, 5) is 0. The van der Waals surface area contributed by atoms with Crippen molar-refractivity contribution in [1.82, 2.24) is 15.1 Å². The summed E-state index contributed by atoms with van der Waals surface area (Å²) in [6, 6.07) is 1.14. The molecule has 0 aromatic carbocycles. The molecule has 3 unspecified atom stereocenters. The van der Waals surface area contributed by atoms with Crippen molar-refractivity contribution in [3.8, 4) is 0 Å². The highest BCUT2D eigenvalue weighted by Gasteiger charge is 2.29. The molecule has 1 aliphatic rings. The fourth-order valence-electron chi connectivity index (χ4n) is 2.65. The van der Waals surface area contributed by atoms with Crippen LogP contribution in [-0.4, -0.2) is 15.8 Å². The molecule has 1 saturated carbocycles. The van der Waals surface area contributed by atoms with E-state index in [0.717, 1.165) is 18.4 Å². The molecule has 3 heteroatoms. The van der Waals surface area contributed by atoms with Crippen LogP contribution >= 0.6 is 0 Å². The van der Waals surface area contributed by atoms with Crippen LogP contribution in [0.2, 0.25) is 0 Å². The molecule has 17 heavy (non-hydrogen) atoms. The largest absolute Gasteiger partial charge is 0.310 e. The maximum Gasteiger partial charge on any atom is 0.0534 e. The zero-order chi connectivity index (χ0) is 12.4. The van der Waals surface area contributed by atoms with Gasteiger partial charge in [-0.3, -0.25) is 4.68 Å². The maximum atomic E-state index is 4.37. The Bertz CT molecular complexity index is 356. The third-order valence-corrected chi connectivity index (χ3v) is 4.22. The minimum Gasteiger partial charge on any atom is -0.310 e. The van der Waals surface area contributed by atoms with Gasteiger partial charge in [0.1, 0.15) is 0 Å². The highest BCUT2D eigenvalue weighted by molar-refractivity contribution is 5.04. The Balaban J connectivity index is 1.85. The molecule has 0 bridgehead atoms. The molecule has 1 aromatic heterocycles. The Labute approximate surface area is 105 Å². The van der Waals surface area contributed by atoms with Crippen molar-refractivity contribution in [2.75, 3.05) is 0 Å². The van der Waals surface area contributed by atoms with E-state index in [-0.39, 0.29) is 0 Å². The zero-order valence-corrected chi connectivity index (χ0v) is 11.5. The van der Waals surface area contributed by atoms with Gasteiger partial charge in [-0.25, -0.2) is 0 Å². The second kappa shape index (κ2) is 5.21. The Hall–Kier alpha value is -0.830. The highest BCUT2D eigenvalue weighted by atomic mass is 15.3. The Morgan fingerprint density at radius 3 is 2.71 bits per heavy atom. The lowest BCUT2D eigenvalue weighted by atomic mass is 9.98. The molecule has 1 aromatic rings. The number of aromatic nitrogens is 2. The summed E-state index contributed by atoms with van der Waals surface area (Å²) in [6.07, 6.45) is 6.82. The molecule has 0 spiro atoms. The minimum absolute atomic E-state index is 0.453. The molecule has 96 valence electrons.